The predicted molar refractivity (Wildman–Crippen MR) is 75.5 cm³/mol. The highest BCUT2D eigenvalue weighted by molar-refractivity contribution is 5.85. The van der Waals surface area contributed by atoms with E-state index < -0.39 is 0 Å². The van der Waals surface area contributed by atoms with Crippen LogP contribution >= 0.6 is 0 Å². The fourth-order valence-corrected chi connectivity index (χ4v) is 2.89. The molecule has 1 aliphatic carbocycles. The van der Waals surface area contributed by atoms with Gasteiger partial charge in [0.2, 0.25) is 0 Å². The zero-order valence-electron chi connectivity index (χ0n) is 10.8. The van der Waals surface area contributed by atoms with E-state index in [1.807, 2.05) is 30.6 Å². The number of aromatic nitrogens is 1. The van der Waals surface area contributed by atoms with Crippen LogP contribution in [0.25, 0.3) is 10.8 Å². The standard InChI is InChI=1S/C16H17N3/c17-9-16(19-13-6-2-3-7-13)15-11-18-10-12-5-1-4-8-14(12)15/h1,4-5,8,10-11,13,16,19H,2-3,6-7H2. The van der Waals surface area contributed by atoms with Crippen molar-refractivity contribution in [2.45, 2.75) is 37.8 Å². The molecule has 3 heteroatoms. The summed E-state index contributed by atoms with van der Waals surface area (Å²) >= 11 is 0. The number of nitriles is 1. The second kappa shape index (κ2) is 5.38. The minimum atomic E-state index is -0.262. The number of rotatable bonds is 3. The summed E-state index contributed by atoms with van der Waals surface area (Å²) < 4.78 is 0. The van der Waals surface area contributed by atoms with Gasteiger partial charge in [-0.15, -0.1) is 0 Å². The van der Waals surface area contributed by atoms with Gasteiger partial charge >= 0.3 is 0 Å². The summed E-state index contributed by atoms with van der Waals surface area (Å²) in [6, 6.07) is 10.7. The first-order valence-corrected chi connectivity index (χ1v) is 6.87. The molecule has 1 aromatic carbocycles. The van der Waals surface area contributed by atoms with Crippen molar-refractivity contribution in [1.29, 1.82) is 5.26 Å². The second-order valence-corrected chi connectivity index (χ2v) is 5.16. The molecule has 1 aliphatic rings. The minimum Gasteiger partial charge on any atom is -0.295 e. The normalized spacial score (nSPS) is 17.4. The third-order valence-electron chi connectivity index (χ3n) is 3.90. The van der Waals surface area contributed by atoms with E-state index >= 15 is 0 Å². The molecule has 0 bridgehead atoms. The van der Waals surface area contributed by atoms with E-state index in [1.54, 1.807) is 0 Å². The zero-order chi connectivity index (χ0) is 13.1. The summed E-state index contributed by atoms with van der Waals surface area (Å²) in [5.74, 6) is 0. The molecule has 0 saturated heterocycles. The van der Waals surface area contributed by atoms with Crippen molar-refractivity contribution in [2.75, 3.05) is 0 Å². The molecular formula is C16H17N3. The number of benzene rings is 1. The number of nitrogens with one attached hydrogen (secondary N) is 1. The van der Waals surface area contributed by atoms with E-state index in [0.717, 1.165) is 16.3 Å². The highest BCUT2D eigenvalue weighted by atomic mass is 15.0. The monoisotopic (exact) mass is 251 g/mol. The van der Waals surface area contributed by atoms with Gasteiger partial charge in [0, 0.05) is 29.4 Å². The Morgan fingerprint density at radius 3 is 2.79 bits per heavy atom. The van der Waals surface area contributed by atoms with Crippen LogP contribution in [0.15, 0.2) is 36.7 Å². The quantitative estimate of drug-likeness (QED) is 0.910. The lowest BCUT2D eigenvalue weighted by atomic mass is 10.0. The van der Waals surface area contributed by atoms with Crippen molar-refractivity contribution in [3.8, 4) is 6.07 Å². The Morgan fingerprint density at radius 1 is 1.21 bits per heavy atom. The molecule has 1 atom stereocenters. The number of hydrogen-bond acceptors (Lipinski definition) is 3. The van der Waals surface area contributed by atoms with Gasteiger partial charge in [0.05, 0.1) is 6.07 Å². The van der Waals surface area contributed by atoms with Gasteiger partial charge in [-0.3, -0.25) is 10.3 Å². The molecule has 0 aliphatic heterocycles. The molecule has 96 valence electrons. The van der Waals surface area contributed by atoms with Crippen LogP contribution in [-0.2, 0) is 0 Å². The highest BCUT2D eigenvalue weighted by Crippen LogP contribution is 2.26. The van der Waals surface area contributed by atoms with Crippen LogP contribution in [0.4, 0.5) is 0 Å². The Labute approximate surface area is 113 Å². The molecule has 0 radical (unpaired) electrons. The Bertz CT molecular complexity index is 603. The minimum absolute atomic E-state index is 0.262. The summed E-state index contributed by atoms with van der Waals surface area (Å²) in [4.78, 5) is 4.27. The molecule has 1 N–H and O–H groups in total. The average Bonchev–Trinajstić information content (AvgIpc) is 2.97. The van der Waals surface area contributed by atoms with Gasteiger partial charge in [0.15, 0.2) is 0 Å². The van der Waals surface area contributed by atoms with E-state index in [-0.39, 0.29) is 6.04 Å². The number of pyridine rings is 1. The average molecular weight is 251 g/mol. The van der Waals surface area contributed by atoms with Crippen molar-refractivity contribution >= 4 is 10.8 Å². The summed E-state index contributed by atoms with van der Waals surface area (Å²) in [7, 11) is 0. The molecule has 2 aromatic rings. The fraction of sp³-hybridized carbons (Fsp3) is 0.375. The maximum atomic E-state index is 9.46. The lowest BCUT2D eigenvalue weighted by molar-refractivity contribution is 0.493. The van der Waals surface area contributed by atoms with Crippen molar-refractivity contribution in [3.05, 3.63) is 42.2 Å². The van der Waals surface area contributed by atoms with Gasteiger partial charge in [-0.2, -0.15) is 5.26 Å². The van der Waals surface area contributed by atoms with Crippen LogP contribution in [0.1, 0.15) is 37.3 Å². The van der Waals surface area contributed by atoms with E-state index in [9.17, 15) is 5.26 Å². The van der Waals surface area contributed by atoms with Gasteiger partial charge in [-0.25, -0.2) is 0 Å². The lowest BCUT2D eigenvalue weighted by Gasteiger charge is -2.18. The van der Waals surface area contributed by atoms with Crippen LogP contribution in [0.2, 0.25) is 0 Å². The van der Waals surface area contributed by atoms with Crippen molar-refractivity contribution in [2.24, 2.45) is 0 Å². The Kier molecular flexibility index (Phi) is 3.43. The molecule has 1 aromatic heterocycles. The molecule has 1 heterocycles. The van der Waals surface area contributed by atoms with Gasteiger partial charge in [-0.05, 0) is 18.2 Å². The van der Waals surface area contributed by atoms with E-state index in [2.05, 4.69) is 22.4 Å². The van der Waals surface area contributed by atoms with E-state index in [0.29, 0.717) is 6.04 Å². The zero-order valence-corrected chi connectivity index (χ0v) is 10.8. The molecule has 1 unspecified atom stereocenters. The first kappa shape index (κ1) is 12.1. The number of nitrogens with zero attached hydrogens (tertiary/aromatic N) is 2. The van der Waals surface area contributed by atoms with Crippen molar-refractivity contribution in [3.63, 3.8) is 0 Å². The third kappa shape index (κ3) is 2.45. The van der Waals surface area contributed by atoms with Gasteiger partial charge in [-0.1, -0.05) is 37.1 Å². The topological polar surface area (TPSA) is 48.7 Å². The molecule has 3 nitrogen and oxygen atoms in total. The molecule has 0 amide bonds. The Balaban J connectivity index is 1.94. The van der Waals surface area contributed by atoms with Crippen LogP contribution in [0, 0.1) is 11.3 Å². The van der Waals surface area contributed by atoms with Crippen molar-refractivity contribution < 1.29 is 0 Å². The smallest absolute Gasteiger partial charge is 0.123 e. The Hall–Kier alpha value is -1.92. The molecular weight excluding hydrogens is 234 g/mol. The van der Waals surface area contributed by atoms with Gasteiger partial charge in [0.25, 0.3) is 0 Å². The van der Waals surface area contributed by atoms with Crippen LogP contribution in [0.5, 0.6) is 0 Å². The summed E-state index contributed by atoms with van der Waals surface area (Å²) in [5.41, 5.74) is 0.993. The molecule has 1 saturated carbocycles. The first-order valence-electron chi connectivity index (χ1n) is 6.87. The van der Waals surface area contributed by atoms with Crippen LogP contribution in [0.3, 0.4) is 0 Å². The van der Waals surface area contributed by atoms with Crippen LogP contribution in [-0.4, -0.2) is 11.0 Å². The molecule has 0 spiro atoms. The molecule has 3 rings (SSSR count). The van der Waals surface area contributed by atoms with E-state index in [4.69, 9.17) is 0 Å². The Morgan fingerprint density at radius 2 is 2.00 bits per heavy atom. The largest absolute Gasteiger partial charge is 0.295 e. The summed E-state index contributed by atoms with van der Waals surface area (Å²) in [6.07, 6.45) is 8.56. The second-order valence-electron chi connectivity index (χ2n) is 5.16. The third-order valence-corrected chi connectivity index (χ3v) is 3.90. The maximum Gasteiger partial charge on any atom is 0.123 e. The number of fused-ring (bicyclic) bond motifs is 1. The first-order chi connectivity index (χ1) is 9.38. The number of hydrogen-bond donors (Lipinski definition) is 1. The molecule has 19 heavy (non-hydrogen) atoms. The lowest BCUT2D eigenvalue weighted by Crippen LogP contribution is -2.30. The maximum absolute atomic E-state index is 9.46. The SMILES string of the molecule is N#CC(NC1CCCC1)c1cncc2ccccc12. The van der Waals surface area contributed by atoms with Crippen molar-refractivity contribution in [1.82, 2.24) is 10.3 Å². The van der Waals surface area contributed by atoms with Gasteiger partial charge < -0.3 is 0 Å². The fourth-order valence-electron chi connectivity index (χ4n) is 2.89. The highest BCUT2D eigenvalue weighted by Gasteiger charge is 2.21. The van der Waals surface area contributed by atoms with Gasteiger partial charge in [0.1, 0.15) is 6.04 Å². The summed E-state index contributed by atoms with van der Waals surface area (Å²) in [5, 5.41) is 15.1. The molecule has 1 fully saturated rings. The summed E-state index contributed by atoms with van der Waals surface area (Å²) in [6.45, 7) is 0. The predicted octanol–water partition coefficient (Wildman–Crippen LogP) is 3.33. The van der Waals surface area contributed by atoms with E-state index in [1.165, 1.54) is 25.7 Å². The van der Waals surface area contributed by atoms with Crippen LogP contribution < -0.4 is 5.32 Å².